The average Bonchev–Trinajstić information content (AvgIpc) is 2.27. The van der Waals surface area contributed by atoms with E-state index in [-0.39, 0.29) is 6.54 Å². The number of carbonyl (C=O) groups is 1. The highest BCUT2D eigenvalue weighted by Crippen LogP contribution is 2.29. The van der Waals surface area contributed by atoms with Gasteiger partial charge < -0.3 is 5.11 Å². The standard InChI is InChI=1S/C14H27NO2/c1-4-12-5-7-13(8-6-12)15(9-11(2)3)10-14(16)17/h11-13H,4-10H2,1-3H3,(H,16,17). The van der Waals surface area contributed by atoms with Gasteiger partial charge in [-0.25, -0.2) is 0 Å². The Morgan fingerprint density at radius 3 is 2.29 bits per heavy atom. The fraction of sp³-hybridized carbons (Fsp3) is 0.929. The molecule has 3 heteroatoms. The van der Waals surface area contributed by atoms with E-state index >= 15 is 0 Å². The summed E-state index contributed by atoms with van der Waals surface area (Å²) in [5.74, 6) is 0.721. The molecule has 0 heterocycles. The monoisotopic (exact) mass is 241 g/mol. The van der Waals surface area contributed by atoms with Gasteiger partial charge in [-0.1, -0.05) is 27.2 Å². The predicted octanol–water partition coefficient (Wildman–Crippen LogP) is 3.00. The van der Waals surface area contributed by atoms with Gasteiger partial charge in [0, 0.05) is 12.6 Å². The highest BCUT2D eigenvalue weighted by Gasteiger charge is 2.26. The smallest absolute Gasteiger partial charge is 0.317 e. The summed E-state index contributed by atoms with van der Waals surface area (Å²) >= 11 is 0. The molecule has 0 bridgehead atoms. The van der Waals surface area contributed by atoms with Crippen molar-refractivity contribution in [2.24, 2.45) is 11.8 Å². The minimum absolute atomic E-state index is 0.208. The van der Waals surface area contributed by atoms with Crippen molar-refractivity contribution in [2.75, 3.05) is 13.1 Å². The molecule has 0 amide bonds. The van der Waals surface area contributed by atoms with E-state index in [1.165, 1.54) is 32.1 Å². The second kappa shape index (κ2) is 7.00. The number of rotatable bonds is 6. The van der Waals surface area contributed by atoms with E-state index in [9.17, 15) is 4.79 Å². The van der Waals surface area contributed by atoms with Gasteiger partial charge in [-0.2, -0.15) is 0 Å². The minimum Gasteiger partial charge on any atom is -0.480 e. The van der Waals surface area contributed by atoms with Crippen LogP contribution >= 0.6 is 0 Å². The molecule has 3 nitrogen and oxygen atoms in total. The third kappa shape index (κ3) is 5.07. The lowest BCUT2D eigenvalue weighted by Gasteiger charge is -2.36. The Morgan fingerprint density at radius 2 is 1.88 bits per heavy atom. The van der Waals surface area contributed by atoms with Crippen LogP contribution in [-0.2, 0) is 4.79 Å². The summed E-state index contributed by atoms with van der Waals surface area (Å²) in [6, 6.07) is 0.497. The molecular weight excluding hydrogens is 214 g/mol. The van der Waals surface area contributed by atoms with Gasteiger partial charge in [0.1, 0.15) is 0 Å². The normalized spacial score (nSPS) is 25.5. The molecule has 1 fully saturated rings. The Balaban J connectivity index is 2.49. The molecule has 0 atom stereocenters. The molecule has 0 spiro atoms. The van der Waals surface area contributed by atoms with E-state index < -0.39 is 5.97 Å². The van der Waals surface area contributed by atoms with E-state index in [1.54, 1.807) is 0 Å². The van der Waals surface area contributed by atoms with Crippen LogP contribution in [0.1, 0.15) is 52.9 Å². The van der Waals surface area contributed by atoms with Crippen molar-refractivity contribution in [1.29, 1.82) is 0 Å². The number of carboxylic acids is 1. The maximum Gasteiger partial charge on any atom is 0.317 e. The number of hydrogen-bond donors (Lipinski definition) is 1. The summed E-state index contributed by atoms with van der Waals surface area (Å²) in [5.41, 5.74) is 0. The van der Waals surface area contributed by atoms with Crippen LogP contribution in [0, 0.1) is 11.8 Å². The molecule has 1 aliphatic rings. The van der Waals surface area contributed by atoms with E-state index in [4.69, 9.17) is 5.11 Å². The fourth-order valence-electron chi connectivity index (χ4n) is 2.90. The molecule has 1 N–H and O–H groups in total. The fourth-order valence-corrected chi connectivity index (χ4v) is 2.90. The lowest BCUT2D eigenvalue weighted by molar-refractivity contribution is -0.139. The first kappa shape index (κ1) is 14.5. The third-order valence-corrected chi connectivity index (χ3v) is 3.85. The van der Waals surface area contributed by atoms with Gasteiger partial charge in [0.05, 0.1) is 6.54 Å². The zero-order valence-corrected chi connectivity index (χ0v) is 11.5. The number of aliphatic carboxylic acids is 1. The molecule has 0 saturated heterocycles. The number of carboxylic acid groups (broad SMARTS) is 1. The number of nitrogens with zero attached hydrogens (tertiary/aromatic N) is 1. The van der Waals surface area contributed by atoms with Crippen molar-refractivity contribution in [2.45, 2.75) is 58.9 Å². The third-order valence-electron chi connectivity index (χ3n) is 3.85. The molecule has 0 unspecified atom stereocenters. The molecule has 1 rings (SSSR count). The van der Waals surface area contributed by atoms with E-state index in [2.05, 4.69) is 25.7 Å². The highest BCUT2D eigenvalue weighted by molar-refractivity contribution is 5.69. The molecule has 0 aromatic carbocycles. The van der Waals surface area contributed by atoms with E-state index in [0.717, 1.165) is 12.5 Å². The van der Waals surface area contributed by atoms with Crippen LogP contribution in [-0.4, -0.2) is 35.1 Å². The Kier molecular flexibility index (Phi) is 5.96. The maximum absolute atomic E-state index is 10.9. The Labute approximate surface area is 105 Å². The molecule has 1 aliphatic carbocycles. The molecule has 0 radical (unpaired) electrons. The Bertz CT molecular complexity index is 232. The first-order chi connectivity index (χ1) is 8.02. The van der Waals surface area contributed by atoms with Gasteiger partial charge in [-0.05, 0) is 37.5 Å². The average molecular weight is 241 g/mol. The van der Waals surface area contributed by atoms with Gasteiger partial charge in [-0.3, -0.25) is 9.69 Å². The zero-order valence-electron chi connectivity index (χ0n) is 11.5. The van der Waals surface area contributed by atoms with Crippen molar-refractivity contribution in [3.05, 3.63) is 0 Å². The van der Waals surface area contributed by atoms with Crippen molar-refractivity contribution < 1.29 is 9.90 Å². The molecule has 0 aliphatic heterocycles. The molecular formula is C14H27NO2. The topological polar surface area (TPSA) is 40.5 Å². The van der Waals surface area contributed by atoms with Crippen LogP contribution in [0.25, 0.3) is 0 Å². The van der Waals surface area contributed by atoms with Crippen molar-refractivity contribution in [3.8, 4) is 0 Å². The molecule has 0 aromatic rings. The molecule has 1 saturated carbocycles. The van der Waals surface area contributed by atoms with E-state index in [1.807, 2.05) is 0 Å². The van der Waals surface area contributed by atoms with Crippen LogP contribution < -0.4 is 0 Å². The largest absolute Gasteiger partial charge is 0.480 e. The first-order valence-electron chi connectivity index (χ1n) is 6.98. The zero-order chi connectivity index (χ0) is 12.8. The van der Waals surface area contributed by atoms with Crippen LogP contribution in [0.15, 0.2) is 0 Å². The number of hydrogen-bond acceptors (Lipinski definition) is 2. The van der Waals surface area contributed by atoms with Crippen molar-refractivity contribution >= 4 is 5.97 Å². The summed E-state index contributed by atoms with van der Waals surface area (Å²) in [6.07, 6.45) is 6.18. The molecule has 17 heavy (non-hydrogen) atoms. The predicted molar refractivity (Wildman–Crippen MR) is 70.1 cm³/mol. The van der Waals surface area contributed by atoms with Crippen molar-refractivity contribution in [1.82, 2.24) is 4.90 Å². The summed E-state index contributed by atoms with van der Waals surface area (Å²) in [6.45, 7) is 7.70. The van der Waals surface area contributed by atoms with Gasteiger partial charge in [0.15, 0.2) is 0 Å². The summed E-state index contributed by atoms with van der Waals surface area (Å²) < 4.78 is 0. The van der Waals surface area contributed by atoms with Crippen LogP contribution in [0.5, 0.6) is 0 Å². The summed E-state index contributed by atoms with van der Waals surface area (Å²) in [4.78, 5) is 13.1. The summed E-state index contributed by atoms with van der Waals surface area (Å²) in [7, 11) is 0. The SMILES string of the molecule is CCC1CCC(N(CC(=O)O)CC(C)C)CC1. The Hall–Kier alpha value is -0.570. The minimum atomic E-state index is -0.691. The second-order valence-electron chi connectivity index (χ2n) is 5.80. The lowest BCUT2D eigenvalue weighted by Crippen LogP contribution is -2.43. The lowest BCUT2D eigenvalue weighted by atomic mass is 9.83. The van der Waals surface area contributed by atoms with E-state index in [0.29, 0.717) is 12.0 Å². The van der Waals surface area contributed by atoms with Gasteiger partial charge >= 0.3 is 5.97 Å². The quantitative estimate of drug-likeness (QED) is 0.777. The van der Waals surface area contributed by atoms with Gasteiger partial charge in [0.25, 0.3) is 0 Å². The Morgan fingerprint density at radius 1 is 1.29 bits per heavy atom. The van der Waals surface area contributed by atoms with Crippen LogP contribution in [0.3, 0.4) is 0 Å². The first-order valence-corrected chi connectivity index (χ1v) is 6.98. The molecule has 0 aromatic heterocycles. The van der Waals surface area contributed by atoms with Crippen LogP contribution in [0.2, 0.25) is 0 Å². The van der Waals surface area contributed by atoms with Gasteiger partial charge in [0.2, 0.25) is 0 Å². The second-order valence-corrected chi connectivity index (χ2v) is 5.80. The van der Waals surface area contributed by atoms with Crippen molar-refractivity contribution in [3.63, 3.8) is 0 Å². The van der Waals surface area contributed by atoms with Crippen LogP contribution in [0.4, 0.5) is 0 Å². The van der Waals surface area contributed by atoms with Gasteiger partial charge in [-0.15, -0.1) is 0 Å². The maximum atomic E-state index is 10.9. The summed E-state index contributed by atoms with van der Waals surface area (Å²) in [5, 5.41) is 8.98. The molecule has 100 valence electrons. The highest BCUT2D eigenvalue weighted by atomic mass is 16.4.